The monoisotopic (exact) mass is 516 g/mol. The lowest BCUT2D eigenvalue weighted by Crippen LogP contribution is -2.39. The lowest BCUT2D eigenvalue weighted by atomic mass is 9.93. The molecule has 2 aromatic rings. The number of ether oxygens (including phenoxy) is 1. The van der Waals surface area contributed by atoms with Gasteiger partial charge in [0.1, 0.15) is 10.6 Å². The van der Waals surface area contributed by atoms with E-state index in [1.807, 2.05) is 18.2 Å². The summed E-state index contributed by atoms with van der Waals surface area (Å²) in [7, 11) is 1.67. The van der Waals surface area contributed by atoms with E-state index in [-0.39, 0.29) is 12.3 Å². The van der Waals surface area contributed by atoms with Crippen molar-refractivity contribution < 1.29 is 23.8 Å². The number of carboxylic acid groups (broad SMARTS) is 1. The van der Waals surface area contributed by atoms with Crippen LogP contribution in [0.5, 0.6) is 0 Å². The first-order valence-corrected chi connectivity index (χ1v) is 13.3. The van der Waals surface area contributed by atoms with Gasteiger partial charge < -0.3 is 20.1 Å². The molecule has 0 atom stereocenters. The Balaban J connectivity index is 1.95. The molecule has 1 fully saturated rings. The summed E-state index contributed by atoms with van der Waals surface area (Å²) in [6.45, 7) is 6.32. The first kappa shape index (κ1) is 28.0. The van der Waals surface area contributed by atoms with Crippen LogP contribution in [0.4, 0.5) is 15.8 Å². The molecule has 0 unspecified atom stereocenters. The van der Waals surface area contributed by atoms with Gasteiger partial charge in [0, 0.05) is 24.6 Å². The number of amides is 1. The number of benzene rings is 2. The number of carbonyl (C=O) groups is 2. The van der Waals surface area contributed by atoms with Crippen molar-refractivity contribution in [1.82, 2.24) is 0 Å². The first-order valence-electron chi connectivity index (χ1n) is 12.5. The number of aliphatic carboxylic acids is 1. The van der Waals surface area contributed by atoms with Crippen LogP contribution in [0.3, 0.4) is 0 Å². The second-order valence-corrected chi connectivity index (χ2v) is 11.6. The van der Waals surface area contributed by atoms with Crippen molar-refractivity contribution in [2.45, 2.75) is 75.0 Å². The Morgan fingerprint density at radius 3 is 2.53 bits per heavy atom. The number of halogens is 1. The molecule has 6 nitrogen and oxygen atoms in total. The summed E-state index contributed by atoms with van der Waals surface area (Å²) >= 11 is 1.22. The molecule has 0 bridgehead atoms. The van der Waals surface area contributed by atoms with Crippen LogP contribution in [0.15, 0.2) is 41.3 Å². The highest BCUT2D eigenvalue weighted by molar-refractivity contribution is 8.01. The van der Waals surface area contributed by atoms with Crippen LogP contribution in [0.2, 0.25) is 0 Å². The summed E-state index contributed by atoms with van der Waals surface area (Å²) in [6.07, 6.45) is 5.57. The van der Waals surface area contributed by atoms with Gasteiger partial charge in [0.15, 0.2) is 0 Å². The van der Waals surface area contributed by atoms with Gasteiger partial charge in [-0.05, 0) is 69.0 Å². The van der Waals surface area contributed by atoms with Crippen molar-refractivity contribution in [2.75, 3.05) is 30.5 Å². The van der Waals surface area contributed by atoms with Gasteiger partial charge in [-0.25, -0.2) is 4.39 Å². The van der Waals surface area contributed by atoms with E-state index in [1.165, 1.54) is 24.2 Å². The van der Waals surface area contributed by atoms with Gasteiger partial charge in [-0.1, -0.05) is 31.4 Å². The summed E-state index contributed by atoms with van der Waals surface area (Å²) in [5.41, 5.74) is 2.60. The van der Waals surface area contributed by atoms with E-state index in [1.54, 1.807) is 40.0 Å². The van der Waals surface area contributed by atoms with Crippen LogP contribution < -0.4 is 10.2 Å². The van der Waals surface area contributed by atoms with Gasteiger partial charge in [-0.3, -0.25) is 9.59 Å². The Hall–Kier alpha value is -2.58. The standard InChI is InChI=1S/C28H37FN2O4S/c1-19-10-11-20(23(29)16-19)17-26(32)30-24-18-22(36-28(2,3)27(33)34)12-13-25(24)31(14-15-35-4)21-8-6-5-7-9-21/h10-13,16,18,21H,5-9,14-15,17H2,1-4H3,(H,30,32)(H,33,34). The molecule has 0 saturated heterocycles. The zero-order valence-electron chi connectivity index (χ0n) is 21.6. The van der Waals surface area contributed by atoms with E-state index in [9.17, 15) is 19.1 Å². The van der Waals surface area contributed by atoms with E-state index in [4.69, 9.17) is 4.74 Å². The molecule has 1 amide bonds. The number of methoxy groups -OCH3 is 1. The molecule has 1 aliphatic carbocycles. The van der Waals surface area contributed by atoms with Crippen molar-refractivity contribution in [2.24, 2.45) is 0 Å². The van der Waals surface area contributed by atoms with Gasteiger partial charge in [0.05, 0.1) is 24.4 Å². The Kier molecular flexibility index (Phi) is 9.79. The van der Waals surface area contributed by atoms with Crippen LogP contribution in [-0.4, -0.2) is 48.0 Å². The molecule has 2 aromatic carbocycles. The number of hydrogen-bond donors (Lipinski definition) is 2. The summed E-state index contributed by atoms with van der Waals surface area (Å²) in [6, 6.07) is 10.9. The van der Waals surface area contributed by atoms with Gasteiger partial charge in [-0.2, -0.15) is 0 Å². The highest BCUT2D eigenvalue weighted by Crippen LogP contribution is 2.39. The van der Waals surface area contributed by atoms with Crippen molar-refractivity contribution >= 4 is 35.0 Å². The van der Waals surface area contributed by atoms with Crippen LogP contribution >= 0.6 is 11.8 Å². The fourth-order valence-corrected chi connectivity index (χ4v) is 5.50. The SMILES string of the molecule is COCCN(c1ccc(SC(C)(C)C(=O)O)cc1NC(=O)Cc1ccc(C)cc1F)C1CCCCC1. The molecule has 0 aliphatic heterocycles. The third kappa shape index (κ3) is 7.46. The van der Waals surface area contributed by atoms with Gasteiger partial charge in [-0.15, -0.1) is 11.8 Å². The Morgan fingerprint density at radius 2 is 1.89 bits per heavy atom. The smallest absolute Gasteiger partial charge is 0.319 e. The average Bonchev–Trinajstić information content (AvgIpc) is 2.82. The molecular formula is C28H37FN2O4S. The number of anilines is 2. The fourth-order valence-electron chi connectivity index (χ4n) is 4.51. The average molecular weight is 517 g/mol. The molecule has 0 spiro atoms. The predicted molar refractivity (Wildman–Crippen MR) is 144 cm³/mol. The normalized spacial score (nSPS) is 14.5. The lowest BCUT2D eigenvalue weighted by molar-refractivity contribution is -0.138. The molecule has 2 N–H and O–H groups in total. The zero-order valence-corrected chi connectivity index (χ0v) is 22.4. The van der Waals surface area contributed by atoms with Crippen molar-refractivity contribution in [3.05, 3.63) is 53.3 Å². The van der Waals surface area contributed by atoms with Crippen LogP contribution in [-0.2, 0) is 20.7 Å². The molecule has 36 heavy (non-hydrogen) atoms. The molecule has 196 valence electrons. The topological polar surface area (TPSA) is 78.9 Å². The van der Waals surface area contributed by atoms with Gasteiger partial charge >= 0.3 is 5.97 Å². The third-order valence-electron chi connectivity index (χ3n) is 6.55. The second-order valence-electron chi connectivity index (χ2n) is 9.89. The van der Waals surface area contributed by atoms with Crippen LogP contribution in [0.1, 0.15) is 57.1 Å². The van der Waals surface area contributed by atoms with Crippen molar-refractivity contribution in [3.8, 4) is 0 Å². The van der Waals surface area contributed by atoms with E-state index >= 15 is 0 Å². The number of carbonyl (C=O) groups excluding carboxylic acids is 1. The highest BCUT2D eigenvalue weighted by Gasteiger charge is 2.30. The molecule has 8 heteroatoms. The number of carboxylic acids is 1. The minimum absolute atomic E-state index is 0.0922. The first-order chi connectivity index (χ1) is 17.1. The summed E-state index contributed by atoms with van der Waals surface area (Å²) in [4.78, 5) is 27.8. The summed E-state index contributed by atoms with van der Waals surface area (Å²) in [5.74, 6) is -1.64. The van der Waals surface area contributed by atoms with E-state index in [0.29, 0.717) is 30.4 Å². The van der Waals surface area contributed by atoms with Crippen molar-refractivity contribution in [1.29, 1.82) is 0 Å². The Bertz CT molecular complexity index is 1070. The third-order valence-corrected chi connectivity index (χ3v) is 7.73. The molecule has 3 rings (SSSR count). The van der Waals surface area contributed by atoms with Crippen LogP contribution in [0.25, 0.3) is 0 Å². The maximum absolute atomic E-state index is 14.4. The number of hydrogen-bond acceptors (Lipinski definition) is 5. The maximum atomic E-state index is 14.4. The van der Waals surface area contributed by atoms with Crippen LogP contribution in [0, 0.1) is 12.7 Å². The largest absolute Gasteiger partial charge is 0.480 e. The minimum Gasteiger partial charge on any atom is -0.480 e. The highest BCUT2D eigenvalue weighted by atomic mass is 32.2. The van der Waals surface area contributed by atoms with Gasteiger partial charge in [0.25, 0.3) is 0 Å². The van der Waals surface area contributed by atoms with Crippen molar-refractivity contribution in [3.63, 3.8) is 0 Å². The molecule has 0 heterocycles. The quantitative estimate of drug-likeness (QED) is 0.354. The van der Waals surface area contributed by atoms with E-state index in [0.717, 1.165) is 41.8 Å². The molecule has 0 radical (unpaired) electrons. The maximum Gasteiger partial charge on any atom is 0.319 e. The lowest BCUT2D eigenvalue weighted by Gasteiger charge is -2.37. The molecule has 1 saturated carbocycles. The zero-order chi connectivity index (χ0) is 26.3. The van der Waals surface area contributed by atoms with E-state index < -0.39 is 16.5 Å². The number of nitrogens with zero attached hydrogens (tertiary/aromatic N) is 1. The number of nitrogens with one attached hydrogen (secondary N) is 1. The second kappa shape index (κ2) is 12.6. The fraction of sp³-hybridized carbons (Fsp3) is 0.500. The minimum atomic E-state index is -1.03. The molecular weight excluding hydrogens is 479 g/mol. The number of thioether (sulfide) groups is 1. The summed E-state index contributed by atoms with van der Waals surface area (Å²) in [5, 5.41) is 12.6. The number of aryl methyl sites for hydroxylation is 1. The predicted octanol–water partition coefficient (Wildman–Crippen LogP) is 6.06. The summed E-state index contributed by atoms with van der Waals surface area (Å²) < 4.78 is 18.8. The van der Waals surface area contributed by atoms with E-state index in [2.05, 4.69) is 10.2 Å². The Labute approximate surface area is 217 Å². The molecule has 0 aromatic heterocycles. The molecule has 1 aliphatic rings. The number of rotatable bonds is 11. The van der Waals surface area contributed by atoms with Gasteiger partial charge in [0.2, 0.25) is 5.91 Å². The Morgan fingerprint density at radius 1 is 1.17 bits per heavy atom.